The van der Waals surface area contributed by atoms with E-state index in [9.17, 15) is 4.79 Å². The lowest BCUT2D eigenvalue weighted by molar-refractivity contribution is -0.137. The third-order valence-corrected chi connectivity index (χ3v) is 3.19. The van der Waals surface area contributed by atoms with E-state index in [1.807, 2.05) is 31.7 Å². The normalized spacial score (nSPS) is 11.2. The predicted molar refractivity (Wildman–Crippen MR) is 74.7 cm³/mol. The number of carbonyl (C=O) groups is 1. The lowest BCUT2D eigenvalue weighted by Gasteiger charge is -2.16. The standard InChI is InChI=1S/C14H19N3O4/c1-4-17(6-5-13(18)19)8-12-15-16-14(21-12)11-7-9(2)20-10(11)3/h7H,4-6,8H2,1-3H3,(H,18,19). The molecule has 7 heteroatoms. The molecule has 0 aromatic carbocycles. The van der Waals surface area contributed by atoms with Crippen molar-refractivity contribution in [3.63, 3.8) is 0 Å². The molecule has 21 heavy (non-hydrogen) atoms. The molecule has 114 valence electrons. The molecule has 2 aromatic rings. The van der Waals surface area contributed by atoms with Gasteiger partial charge in [-0.15, -0.1) is 10.2 Å². The number of carboxylic acid groups (broad SMARTS) is 1. The van der Waals surface area contributed by atoms with Crippen molar-refractivity contribution in [2.24, 2.45) is 0 Å². The minimum Gasteiger partial charge on any atom is -0.481 e. The first kappa shape index (κ1) is 15.2. The first-order valence-corrected chi connectivity index (χ1v) is 6.83. The van der Waals surface area contributed by atoms with Gasteiger partial charge in [0.15, 0.2) is 0 Å². The van der Waals surface area contributed by atoms with Gasteiger partial charge in [0.25, 0.3) is 5.89 Å². The summed E-state index contributed by atoms with van der Waals surface area (Å²) in [6.45, 7) is 7.27. The van der Waals surface area contributed by atoms with E-state index < -0.39 is 5.97 Å². The highest BCUT2D eigenvalue weighted by Crippen LogP contribution is 2.25. The molecule has 2 rings (SSSR count). The van der Waals surface area contributed by atoms with Crippen LogP contribution < -0.4 is 0 Å². The third-order valence-electron chi connectivity index (χ3n) is 3.19. The Labute approximate surface area is 122 Å². The van der Waals surface area contributed by atoms with Crippen molar-refractivity contribution >= 4 is 5.97 Å². The van der Waals surface area contributed by atoms with Gasteiger partial charge in [0.05, 0.1) is 18.5 Å². The quantitative estimate of drug-likeness (QED) is 0.836. The van der Waals surface area contributed by atoms with E-state index in [1.54, 1.807) is 0 Å². The molecule has 0 fully saturated rings. The number of rotatable bonds is 7. The molecule has 0 unspecified atom stereocenters. The Hall–Kier alpha value is -2.15. The van der Waals surface area contributed by atoms with Gasteiger partial charge in [-0.1, -0.05) is 6.92 Å². The van der Waals surface area contributed by atoms with Crippen LogP contribution in [-0.4, -0.2) is 39.3 Å². The number of nitrogens with zero attached hydrogens (tertiary/aromatic N) is 3. The zero-order chi connectivity index (χ0) is 15.4. The van der Waals surface area contributed by atoms with Crippen molar-refractivity contribution in [2.45, 2.75) is 33.7 Å². The number of furan rings is 1. The van der Waals surface area contributed by atoms with E-state index in [1.165, 1.54) is 0 Å². The molecule has 0 amide bonds. The summed E-state index contributed by atoms with van der Waals surface area (Å²) in [5, 5.41) is 16.8. The SMILES string of the molecule is CCN(CCC(=O)O)Cc1nnc(-c2cc(C)oc2C)o1. The number of carboxylic acids is 1. The van der Waals surface area contributed by atoms with Crippen molar-refractivity contribution in [3.8, 4) is 11.5 Å². The molecule has 7 nitrogen and oxygen atoms in total. The lowest BCUT2D eigenvalue weighted by atomic mass is 10.2. The molecule has 0 aliphatic carbocycles. The molecule has 0 saturated carbocycles. The van der Waals surface area contributed by atoms with Gasteiger partial charge >= 0.3 is 5.97 Å². The van der Waals surface area contributed by atoms with Crippen LogP contribution in [0.15, 0.2) is 14.9 Å². The van der Waals surface area contributed by atoms with Crippen LogP contribution in [0.3, 0.4) is 0 Å². The van der Waals surface area contributed by atoms with E-state index in [4.69, 9.17) is 13.9 Å². The van der Waals surface area contributed by atoms with Crippen LogP contribution in [0.1, 0.15) is 30.8 Å². The second-order valence-corrected chi connectivity index (χ2v) is 4.84. The van der Waals surface area contributed by atoms with Crippen LogP contribution in [-0.2, 0) is 11.3 Å². The highest BCUT2D eigenvalue weighted by atomic mass is 16.4. The molecule has 0 aliphatic rings. The number of hydrogen-bond donors (Lipinski definition) is 1. The van der Waals surface area contributed by atoms with Gasteiger partial charge in [-0.3, -0.25) is 9.69 Å². The molecule has 2 aromatic heterocycles. The first-order chi connectivity index (χ1) is 9.99. The second-order valence-electron chi connectivity index (χ2n) is 4.84. The Kier molecular flexibility index (Phi) is 4.74. The van der Waals surface area contributed by atoms with E-state index in [0.717, 1.165) is 23.6 Å². The Morgan fingerprint density at radius 3 is 2.67 bits per heavy atom. The third kappa shape index (κ3) is 3.91. The van der Waals surface area contributed by atoms with Gasteiger partial charge in [0, 0.05) is 6.54 Å². The van der Waals surface area contributed by atoms with E-state index in [0.29, 0.717) is 24.9 Å². The number of aromatic nitrogens is 2. The Morgan fingerprint density at radius 2 is 2.10 bits per heavy atom. The Morgan fingerprint density at radius 1 is 1.33 bits per heavy atom. The largest absolute Gasteiger partial charge is 0.481 e. The number of aryl methyl sites for hydroxylation is 2. The molecular weight excluding hydrogens is 274 g/mol. The minimum atomic E-state index is -0.816. The van der Waals surface area contributed by atoms with Crippen LogP contribution >= 0.6 is 0 Å². The first-order valence-electron chi connectivity index (χ1n) is 6.83. The van der Waals surface area contributed by atoms with Crippen LogP contribution in [0.25, 0.3) is 11.5 Å². The van der Waals surface area contributed by atoms with Crippen LogP contribution in [0.4, 0.5) is 0 Å². The highest BCUT2D eigenvalue weighted by Gasteiger charge is 2.16. The molecule has 1 N–H and O–H groups in total. The fourth-order valence-corrected chi connectivity index (χ4v) is 2.06. The average molecular weight is 293 g/mol. The van der Waals surface area contributed by atoms with Gasteiger partial charge < -0.3 is 13.9 Å². The fourth-order valence-electron chi connectivity index (χ4n) is 2.06. The van der Waals surface area contributed by atoms with E-state index in [2.05, 4.69) is 10.2 Å². The topological polar surface area (TPSA) is 92.6 Å². The summed E-state index contributed by atoms with van der Waals surface area (Å²) < 4.78 is 11.1. The molecule has 0 spiro atoms. The molecule has 2 heterocycles. The molecule has 0 bridgehead atoms. The average Bonchev–Trinajstić information content (AvgIpc) is 3.00. The summed E-state index contributed by atoms with van der Waals surface area (Å²) in [4.78, 5) is 12.6. The summed E-state index contributed by atoms with van der Waals surface area (Å²) in [6, 6.07) is 1.86. The van der Waals surface area contributed by atoms with Gasteiger partial charge in [-0.05, 0) is 26.5 Å². The van der Waals surface area contributed by atoms with Gasteiger partial charge in [0.2, 0.25) is 5.89 Å². The Bertz CT molecular complexity index is 618. The van der Waals surface area contributed by atoms with Crippen molar-refractivity contribution in [1.29, 1.82) is 0 Å². The van der Waals surface area contributed by atoms with Crippen LogP contribution in [0.5, 0.6) is 0 Å². The zero-order valence-electron chi connectivity index (χ0n) is 12.4. The minimum absolute atomic E-state index is 0.0921. The fraction of sp³-hybridized carbons (Fsp3) is 0.500. The van der Waals surface area contributed by atoms with Gasteiger partial charge in [-0.25, -0.2) is 0 Å². The summed E-state index contributed by atoms with van der Waals surface area (Å²) in [5.74, 6) is 1.60. The molecule has 0 radical (unpaired) electrons. The second kappa shape index (κ2) is 6.53. The van der Waals surface area contributed by atoms with Gasteiger partial charge in [0.1, 0.15) is 11.5 Å². The van der Waals surface area contributed by atoms with Crippen LogP contribution in [0.2, 0.25) is 0 Å². The van der Waals surface area contributed by atoms with Crippen molar-refractivity contribution < 1.29 is 18.7 Å². The molecular formula is C14H19N3O4. The highest BCUT2D eigenvalue weighted by molar-refractivity contribution is 5.66. The molecule has 0 aliphatic heterocycles. The van der Waals surface area contributed by atoms with Crippen molar-refractivity contribution in [2.75, 3.05) is 13.1 Å². The van der Waals surface area contributed by atoms with Crippen molar-refractivity contribution in [1.82, 2.24) is 15.1 Å². The predicted octanol–water partition coefficient (Wildman–Crippen LogP) is 2.24. The molecule has 0 saturated heterocycles. The maximum atomic E-state index is 10.6. The monoisotopic (exact) mass is 293 g/mol. The smallest absolute Gasteiger partial charge is 0.304 e. The zero-order valence-corrected chi connectivity index (χ0v) is 12.4. The summed E-state index contributed by atoms with van der Waals surface area (Å²) in [7, 11) is 0. The summed E-state index contributed by atoms with van der Waals surface area (Å²) in [6.07, 6.45) is 0.0921. The maximum Gasteiger partial charge on any atom is 0.304 e. The maximum absolute atomic E-state index is 10.6. The van der Waals surface area contributed by atoms with E-state index >= 15 is 0 Å². The van der Waals surface area contributed by atoms with Gasteiger partial charge in [-0.2, -0.15) is 0 Å². The van der Waals surface area contributed by atoms with Crippen molar-refractivity contribution in [3.05, 3.63) is 23.5 Å². The summed E-state index contributed by atoms with van der Waals surface area (Å²) in [5.41, 5.74) is 0.792. The molecule has 0 atom stereocenters. The van der Waals surface area contributed by atoms with E-state index in [-0.39, 0.29) is 6.42 Å². The number of aliphatic carboxylic acids is 1. The lowest BCUT2D eigenvalue weighted by Crippen LogP contribution is -2.25. The summed E-state index contributed by atoms with van der Waals surface area (Å²) >= 11 is 0. The van der Waals surface area contributed by atoms with Crippen LogP contribution in [0, 0.1) is 13.8 Å². The number of hydrogen-bond acceptors (Lipinski definition) is 6. The Balaban J connectivity index is 2.05.